The van der Waals surface area contributed by atoms with E-state index >= 15 is 0 Å². The average Bonchev–Trinajstić information content (AvgIpc) is 3.21. The number of aliphatic hydroxyl groups excluding tert-OH is 1. The summed E-state index contributed by atoms with van der Waals surface area (Å²) in [6.45, 7) is 2.97. The average molecular weight is 779 g/mol. The fourth-order valence-corrected chi connectivity index (χ4v) is 4.74. The summed E-state index contributed by atoms with van der Waals surface area (Å²) >= 11 is 0. The van der Waals surface area contributed by atoms with Crippen molar-refractivity contribution in [1.29, 1.82) is 0 Å². The molecule has 4 aromatic rings. The van der Waals surface area contributed by atoms with E-state index in [2.05, 4.69) is 10.6 Å². The lowest BCUT2D eigenvalue weighted by atomic mass is 10.1. The Bertz CT molecular complexity index is 2110. The third-order valence-electron chi connectivity index (χ3n) is 7.77. The van der Waals surface area contributed by atoms with Gasteiger partial charge in [0.25, 0.3) is 0 Å². The van der Waals surface area contributed by atoms with Gasteiger partial charge in [-0.05, 0) is 72.5 Å². The normalized spacial score (nSPS) is 12.2. The molecule has 0 saturated carbocycles. The fourth-order valence-electron chi connectivity index (χ4n) is 4.74. The third-order valence-corrected chi connectivity index (χ3v) is 7.77. The van der Waals surface area contributed by atoms with Crippen molar-refractivity contribution in [2.45, 2.75) is 39.1 Å². The number of rotatable bonds is 17. The molecule has 0 heterocycles. The van der Waals surface area contributed by atoms with Crippen LogP contribution in [0.25, 0.3) is 12.2 Å². The first-order valence-corrected chi connectivity index (χ1v) is 17.5. The summed E-state index contributed by atoms with van der Waals surface area (Å²) in [6.07, 6.45) is 4.95. The van der Waals surface area contributed by atoms with Crippen LogP contribution in [0.4, 0.5) is 9.59 Å². The molecule has 0 radical (unpaired) electrons. The molecule has 0 fully saturated rings. The number of carbonyl (C=O) groups is 5. The highest BCUT2D eigenvalue weighted by Crippen LogP contribution is 2.30. The van der Waals surface area contributed by atoms with Gasteiger partial charge in [-0.1, -0.05) is 84.9 Å². The summed E-state index contributed by atoms with van der Waals surface area (Å²) in [5.41, 5.74) is 2.66. The molecule has 4 aromatic carbocycles. The van der Waals surface area contributed by atoms with Crippen molar-refractivity contribution in [2.75, 3.05) is 14.2 Å². The van der Waals surface area contributed by atoms with E-state index < -0.39 is 42.0 Å². The summed E-state index contributed by atoms with van der Waals surface area (Å²) in [4.78, 5) is 62.1. The summed E-state index contributed by atoms with van der Waals surface area (Å²) in [6, 6.07) is 25.3. The van der Waals surface area contributed by atoms with E-state index in [9.17, 15) is 29.1 Å². The van der Waals surface area contributed by atoms with Crippen LogP contribution in [-0.2, 0) is 37.1 Å². The second-order valence-electron chi connectivity index (χ2n) is 12.2. The van der Waals surface area contributed by atoms with Gasteiger partial charge in [0.2, 0.25) is 0 Å². The van der Waals surface area contributed by atoms with Gasteiger partial charge in [-0.3, -0.25) is 4.79 Å². The zero-order valence-corrected chi connectivity index (χ0v) is 31.6. The highest BCUT2D eigenvalue weighted by molar-refractivity contribution is 6.02. The van der Waals surface area contributed by atoms with Crippen LogP contribution in [0.1, 0.15) is 36.1 Å². The van der Waals surface area contributed by atoms with Gasteiger partial charge in [0.1, 0.15) is 31.1 Å². The van der Waals surface area contributed by atoms with Gasteiger partial charge >= 0.3 is 24.1 Å². The predicted molar refractivity (Wildman–Crippen MR) is 209 cm³/mol. The molecule has 0 aliphatic rings. The summed E-state index contributed by atoms with van der Waals surface area (Å²) in [7, 11) is 2.76. The molecular formula is C43H42N2O12. The Balaban J connectivity index is 1.26. The minimum absolute atomic E-state index is 0.0381. The number of allylic oxidation sites excluding steroid dienone is 3. The minimum Gasteiger partial charge on any atom is -0.508 e. The van der Waals surface area contributed by atoms with Crippen molar-refractivity contribution in [1.82, 2.24) is 10.6 Å². The first-order chi connectivity index (χ1) is 27.4. The van der Waals surface area contributed by atoms with E-state index in [1.54, 1.807) is 42.5 Å². The van der Waals surface area contributed by atoms with Gasteiger partial charge in [0.15, 0.2) is 28.8 Å². The SMILES string of the molecule is COc1cc(/C=C/C(=O)C=C(O)/C=C/c2ccc(OC(=O)C(C)NC(=O)OCc3ccccc3)c(OC)c2)ccc1OC(=O)C(C)NC(=O)OCc1ccccc1. The van der Waals surface area contributed by atoms with Gasteiger partial charge in [-0.15, -0.1) is 0 Å². The van der Waals surface area contributed by atoms with E-state index in [0.29, 0.717) is 11.1 Å². The van der Waals surface area contributed by atoms with Gasteiger partial charge in [-0.25, -0.2) is 19.2 Å². The molecule has 3 N–H and O–H groups in total. The molecule has 0 bridgehead atoms. The van der Waals surface area contributed by atoms with Crippen LogP contribution in [-0.4, -0.2) is 61.3 Å². The quantitative estimate of drug-likeness (QED) is 0.0332. The van der Waals surface area contributed by atoms with E-state index in [-0.39, 0.29) is 42.0 Å². The number of alkyl carbamates (subject to hydrolysis) is 2. The number of hydrogen-bond acceptors (Lipinski definition) is 12. The molecule has 0 aliphatic heterocycles. The van der Waals surface area contributed by atoms with Crippen molar-refractivity contribution in [3.8, 4) is 23.0 Å². The zero-order chi connectivity index (χ0) is 41.2. The Hall–Kier alpha value is -7.35. The predicted octanol–water partition coefficient (Wildman–Crippen LogP) is 6.88. The first-order valence-electron chi connectivity index (χ1n) is 17.5. The molecule has 2 atom stereocenters. The molecule has 4 rings (SSSR count). The van der Waals surface area contributed by atoms with Crippen molar-refractivity contribution in [2.24, 2.45) is 0 Å². The number of nitrogens with one attached hydrogen (secondary N) is 2. The number of ketones is 1. The van der Waals surface area contributed by atoms with Gasteiger partial charge in [0, 0.05) is 6.08 Å². The van der Waals surface area contributed by atoms with E-state index in [4.69, 9.17) is 28.4 Å². The molecule has 57 heavy (non-hydrogen) atoms. The summed E-state index contributed by atoms with van der Waals surface area (Å²) in [5, 5.41) is 15.2. The molecule has 2 amide bonds. The van der Waals surface area contributed by atoms with Crippen LogP contribution in [0, 0.1) is 0 Å². The Kier molecular flexibility index (Phi) is 16.0. The number of ether oxygens (including phenoxy) is 6. The number of carbonyl (C=O) groups excluding carboxylic acids is 5. The van der Waals surface area contributed by atoms with Crippen LogP contribution in [0.15, 0.2) is 121 Å². The van der Waals surface area contributed by atoms with E-state index in [1.807, 2.05) is 36.4 Å². The Morgan fingerprint density at radius 3 is 1.44 bits per heavy atom. The Morgan fingerprint density at radius 2 is 1.02 bits per heavy atom. The Morgan fingerprint density at radius 1 is 0.596 bits per heavy atom. The maximum absolute atomic E-state index is 12.6. The van der Waals surface area contributed by atoms with Crippen LogP contribution in [0.3, 0.4) is 0 Å². The van der Waals surface area contributed by atoms with Crippen molar-refractivity contribution >= 4 is 42.1 Å². The number of methoxy groups -OCH3 is 2. The number of aliphatic hydroxyl groups is 1. The lowest BCUT2D eigenvalue weighted by Gasteiger charge is -2.15. The van der Waals surface area contributed by atoms with Gasteiger partial charge in [0.05, 0.1) is 14.2 Å². The Labute approximate surface area is 329 Å². The highest BCUT2D eigenvalue weighted by atomic mass is 16.6. The molecular weight excluding hydrogens is 736 g/mol. The first kappa shape index (κ1) is 42.4. The van der Waals surface area contributed by atoms with Crippen LogP contribution in [0.2, 0.25) is 0 Å². The zero-order valence-electron chi connectivity index (χ0n) is 31.6. The maximum Gasteiger partial charge on any atom is 0.408 e. The molecule has 14 heteroatoms. The standard InChI is InChI=1S/C43H42N2O12/c1-28(44-42(50)54-26-32-11-7-5-8-12-32)40(48)56-36-21-17-30(23-38(36)52-3)15-19-34(46)25-35(47)20-16-31-18-22-37(39(24-31)53-4)57-41(49)29(2)45-43(51)55-27-33-13-9-6-10-14-33/h5-25,28-29,46H,26-27H2,1-4H3,(H,44,50)(H,45,51)/b19-15+,20-16+,34-25?. The minimum atomic E-state index is -1.03. The number of hydrogen-bond donors (Lipinski definition) is 3. The maximum atomic E-state index is 12.6. The second kappa shape index (κ2) is 21.5. The van der Waals surface area contributed by atoms with Gasteiger partial charge < -0.3 is 44.2 Å². The van der Waals surface area contributed by atoms with Gasteiger partial charge in [-0.2, -0.15) is 0 Å². The monoisotopic (exact) mass is 778 g/mol. The molecule has 0 aliphatic carbocycles. The molecule has 2 unspecified atom stereocenters. The lowest BCUT2D eigenvalue weighted by molar-refractivity contribution is -0.137. The summed E-state index contributed by atoms with van der Waals surface area (Å²) in [5.74, 6) is -1.80. The molecule has 14 nitrogen and oxygen atoms in total. The summed E-state index contributed by atoms with van der Waals surface area (Å²) < 4.78 is 31.8. The van der Waals surface area contributed by atoms with Crippen molar-refractivity contribution in [3.05, 3.63) is 143 Å². The molecule has 296 valence electrons. The second-order valence-corrected chi connectivity index (χ2v) is 12.2. The van der Waals surface area contributed by atoms with Crippen LogP contribution >= 0.6 is 0 Å². The topological polar surface area (TPSA) is 185 Å². The van der Waals surface area contributed by atoms with E-state index in [1.165, 1.54) is 70.6 Å². The molecule has 0 aromatic heterocycles. The fraction of sp³-hybridized carbons (Fsp3) is 0.186. The van der Waals surface area contributed by atoms with Crippen LogP contribution < -0.4 is 29.6 Å². The number of benzene rings is 4. The number of esters is 2. The van der Waals surface area contributed by atoms with Crippen molar-refractivity contribution in [3.63, 3.8) is 0 Å². The number of amides is 2. The van der Waals surface area contributed by atoms with Crippen molar-refractivity contribution < 1.29 is 57.5 Å². The third kappa shape index (κ3) is 14.1. The smallest absolute Gasteiger partial charge is 0.408 e. The van der Waals surface area contributed by atoms with Crippen LogP contribution in [0.5, 0.6) is 23.0 Å². The highest BCUT2D eigenvalue weighted by Gasteiger charge is 2.22. The van der Waals surface area contributed by atoms with E-state index in [0.717, 1.165) is 17.2 Å². The lowest BCUT2D eigenvalue weighted by Crippen LogP contribution is -2.41. The molecule has 0 spiro atoms. The largest absolute Gasteiger partial charge is 0.508 e. The molecule has 0 saturated heterocycles.